The lowest BCUT2D eigenvalue weighted by Crippen LogP contribution is -2.49. The van der Waals surface area contributed by atoms with Crippen LogP contribution < -0.4 is 10.6 Å². The third kappa shape index (κ3) is 5.35. The normalized spacial score (nSPS) is 11.9. The highest BCUT2D eigenvalue weighted by Crippen LogP contribution is 2.09. The lowest BCUT2D eigenvalue weighted by molar-refractivity contribution is -0.124. The minimum atomic E-state index is -0.680. The maximum atomic E-state index is 13.2. The molecule has 0 fully saturated rings. The van der Waals surface area contributed by atoms with Gasteiger partial charge in [0.2, 0.25) is 5.91 Å². The van der Waals surface area contributed by atoms with E-state index in [1.807, 2.05) is 13.8 Å². The molecule has 122 valence electrons. The van der Waals surface area contributed by atoms with Gasteiger partial charge < -0.3 is 15.4 Å². The number of nitrogens with one attached hydrogen (secondary N) is 2. The molecule has 1 aromatic rings. The van der Waals surface area contributed by atoms with Crippen molar-refractivity contribution in [1.82, 2.24) is 10.6 Å². The molecule has 0 radical (unpaired) electrons. The fourth-order valence-corrected chi connectivity index (χ4v) is 1.95. The van der Waals surface area contributed by atoms with Crippen LogP contribution in [-0.4, -0.2) is 24.6 Å². The third-order valence-corrected chi connectivity index (χ3v) is 3.19. The van der Waals surface area contributed by atoms with Crippen LogP contribution in [0.5, 0.6) is 0 Å². The summed E-state index contributed by atoms with van der Waals surface area (Å²) in [6.07, 6.45) is -0.617. The van der Waals surface area contributed by atoms with Gasteiger partial charge in [-0.25, -0.2) is 9.18 Å². The minimum Gasteiger partial charge on any atom is -0.450 e. The Morgan fingerprint density at radius 1 is 1.32 bits per heavy atom. The number of amides is 2. The van der Waals surface area contributed by atoms with E-state index >= 15 is 0 Å². The summed E-state index contributed by atoms with van der Waals surface area (Å²) in [5.41, 5.74) is 1.32. The standard InChI is InChI=1S/C16H23FN2O3/c1-5-22-16(21)19-14(10(2)3)15(20)18-9-12-6-7-13(17)11(4)8-12/h6-8,10,14H,5,9H2,1-4H3,(H,18,20)(H,19,21)/t14-/m1/s1. The first-order chi connectivity index (χ1) is 10.3. The molecule has 0 saturated heterocycles. The van der Waals surface area contributed by atoms with E-state index in [4.69, 9.17) is 4.74 Å². The summed E-state index contributed by atoms with van der Waals surface area (Å²) in [7, 11) is 0. The highest BCUT2D eigenvalue weighted by atomic mass is 19.1. The summed E-state index contributed by atoms with van der Waals surface area (Å²) < 4.78 is 18.0. The van der Waals surface area contributed by atoms with Crippen LogP contribution in [0.1, 0.15) is 31.9 Å². The van der Waals surface area contributed by atoms with E-state index in [-0.39, 0.29) is 30.8 Å². The Morgan fingerprint density at radius 3 is 2.55 bits per heavy atom. The van der Waals surface area contributed by atoms with E-state index < -0.39 is 12.1 Å². The van der Waals surface area contributed by atoms with Crippen molar-refractivity contribution in [3.8, 4) is 0 Å². The van der Waals surface area contributed by atoms with Crippen LogP contribution in [0.15, 0.2) is 18.2 Å². The Bertz CT molecular complexity index is 532. The largest absolute Gasteiger partial charge is 0.450 e. The van der Waals surface area contributed by atoms with Gasteiger partial charge in [0.05, 0.1) is 6.61 Å². The Morgan fingerprint density at radius 2 is 2.00 bits per heavy atom. The first-order valence-electron chi connectivity index (χ1n) is 7.31. The molecule has 1 atom stereocenters. The number of ether oxygens (including phenoxy) is 1. The van der Waals surface area contributed by atoms with Gasteiger partial charge in [-0.15, -0.1) is 0 Å². The summed E-state index contributed by atoms with van der Waals surface area (Å²) in [4.78, 5) is 23.7. The van der Waals surface area contributed by atoms with Gasteiger partial charge in [-0.2, -0.15) is 0 Å². The molecular formula is C16H23FN2O3. The summed E-state index contributed by atoms with van der Waals surface area (Å²) >= 11 is 0. The Balaban J connectivity index is 2.63. The van der Waals surface area contributed by atoms with E-state index in [1.54, 1.807) is 26.0 Å². The van der Waals surface area contributed by atoms with Gasteiger partial charge in [0.15, 0.2) is 0 Å². The number of rotatable bonds is 6. The lowest BCUT2D eigenvalue weighted by Gasteiger charge is -2.21. The van der Waals surface area contributed by atoms with E-state index in [1.165, 1.54) is 6.07 Å². The zero-order chi connectivity index (χ0) is 16.7. The van der Waals surface area contributed by atoms with Gasteiger partial charge in [-0.3, -0.25) is 4.79 Å². The molecule has 0 aliphatic rings. The number of halogens is 1. The second-order valence-corrected chi connectivity index (χ2v) is 5.39. The van der Waals surface area contributed by atoms with Crippen LogP contribution in [-0.2, 0) is 16.1 Å². The number of carbonyl (C=O) groups is 2. The maximum absolute atomic E-state index is 13.2. The number of hydrogen-bond donors (Lipinski definition) is 2. The Labute approximate surface area is 130 Å². The zero-order valence-corrected chi connectivity index (χ0v) is 13.4. The van der Waals surface area contributed by atoms with Gasteiger partial charge in [0.25, 0.3) is 0 Å². The summed E-state index contributed by atoms with van der Waals surface area (Å²) in [6.45, 7) is 7.54. The molecule has 0 bridgehead atoms. The molecule has 1 aromatic carbocycles. The molecule has 0 aliphatic carbocycles. The smallest absolute Gasteiger partial charge is 0.407 e. The highest BCUT2D eigenvalue weighted by molar-refractivity contribution is 5.85. The predicted molar refractivity (Wildman–Crippen MR) is 81.8 cm³/mol. The molecule has 0 aromatic heterocycles. The van der Waals surface area contributed by atoms with Gasteiger partial charge in [0.1, 0.15) is 11.9 Å². The molecule has 0 heterocycles. The van der Waals surface area contributed by atoms with Crippen LogP contribution >= 0.6 is 0 Å². The van der Waals surface area contributed by atoms with Crippen LogP contribution in [0.25, 0.3) is 0 Å². The molecule has 0 spiro atoms. The van der Waals surface area contributed by atoms with Crippen molar-refractivity contribution in [2.75, 3.05) is 6.61 Å². The Kier molecular flexibility index (Phi) is 6.82. The van der Waals surface area contributed by atoms with E-state index in [0.29, 0.717) is 5.56 Å². The number of alkyl carbamates (subject to hydrolysis) is 1. The van der Waals surface area contributed by atoms with Crippen molar-refractivity contribution in [2.24, 2.45) is 5.92 Å². The molecule has 2 N–H and O–H groups in total. The zero-order valence-electron chi connectivity index (χ0n) is 13.4. The molecule has 0 aliphatic heterocycles. The summed E-state index contributed by atoms with van der Waals surface area (Å²) in [5.74, 6) is -0.663. The van der Waals surface area contributed by atoms with E-state index in [0.717, 1.165) is 5.56 Å². The monoisotopic (exact) mass is 310 g/mol. The molecule has 1 rings (SSSR count). The van der Waals surface area contributed by atoms with Crippen molar-refractivity contribution in [3.63, 3.8) is 0 Å². The van der Waals surface area contributed by atoms with Crippen molar-refractivity contribution in [1.29, 1.82) is 0 Å². The average molecular weight is 310 g/mol. The SMILES string of the molecule is CCOC(=O)N[C@@H](C(=O)NCc1ccc(F)c(C)c1)C(C)C. The van der Waals surface area contributed by atoms with E-state index in [2.05, 4.69) is 10.6 Å². The van der Waals surface area contributed by atoms with Crippen LogP contribution in [0.4, 0.5) is 9.18 Å². The minimum absolute atomic E-state index is 0.0839. The molecule has 5 nitrogen and oxygen atoms in total. The van der Waals surface area contributed by atoms with Crippen molar-refractivity contribution < 1.29 is 18.7 Å². The van der Waals surface area contributed by atoms with Gasteiger partial charge >= 0.3 is 6.09 Å². The molecule has 0 unspecified atom stereocenters. The summed E-state index contributed by atoms with van der Waals surface area (Å²) in [5, 5.41) is 5.28. The van der Waals surface area contributed by atoms with Gasteiger partial charge in [0, 0.05) is 6.54 Å². The maximum Gasteiger partial charge on any atom is 0.407 e. The topological polar surface area (TPSA) is 67.4 Å². The highest BCUT2D eigenvalue weighted by Gasteiger charge is 2.24. The van der Waals surface area contributed by atoms with E-state index in [9.17, 15) is 14.0 Å². The Hall–Kier alpha value is -2.11. The second-order valence-electron chi connectivity index (χ2n) is 5.39. The molecule has 22 heavy (non-hydrogen) atoms. The number of hydrogen-bond acceptors (Lipinski definition) is 3. The van der Waals surface area contributed by atoms with Crippen molar-refractivity contribution >= 4 is 12.0 Å². The predicted octanol–water partition coefficient (Wildman–Crippen LogP) is 2.52. The quantitative estimate of drug-likeness (QED) is 0.848. The number of benzene rings is 1. The molecule has 2 amide bonds. The molecular weight excluding hydrogens is 287 g/mol. The number of aryl methyl sites for hydroxylation is 1. The van der Waals surface area contributed by atoms with Gasteiger partial charge in [-0.1, -0.05) is 26.0 Å². The van der Waals surface area contributed by atoms with Crippen LogP contribution in [0, 0.1) is 18.7 Å². The molecule has 0 saturated carbocycles. The van der Waals surface area contributed by atoms with Gasteiger partial charge in [-0.05, 0) is 37.0 Å². The fourth-order valence-electron chi connectivity index (χ4n) is 1.95. The fraction of sp³-hybridized carbons (Fsp3) is 0.500. The summed E-state index contributed by atoms with van der Waals surface area (Å²) in [6, 6.07) is 3.98. The van der Waals surface area contributed by atoms with Crippen molar-refractivity contribution in [3.05, 3.63) is 35.1 Å². The lowest BCUT2D eigenvalue weighted by atomic mass is 10.0. The number of carbonyl (C=O) groups excluding carboxylic acids is 2. The van der Waals surface area contributed by atoms with Crippen molar-refractivity contribution in [2.45, 2.75) is 40.3 Å². The van der Waals surface area contributed by atoms with Crippen LogP contribution in [0.2, 0.25) is 0 Å². The first-order valence-corrected chi connectivity index (χ1v) is 7.31. The average Bonchev–Trinajstić information content (AvgIpc) is 2.45. The first kappa shape index (κ1) is 17.9. The molecule has 6 heteroatoms. The third-order valence-electron chi connectivity index (χ3n) is 3.19. The second kappa shape index (κ2) is 8.36. The van der Waals surface area contributed by atoms with Crippen LogP contribution in [0.3, 0.4) is 0 Å².